The Kier molecular flexibility index (Phi) is 2.90. The molecule has 0 saturated heterocycles. The number of rotatable bonds is 3. The van der Waals surface area contributed by atoms with Gasteiger partial charge in [0.1, 0.15) is 9.09 Å². The van der Waals surface area contributed by atoms with Crippen LogP contribution in [-0.4, -0.2) is 36.2 Å². The van der Waals surface area contributed by atoms with Gasteiger partial charge in [0.15, 0.2) is 0 Å². The zero-order valence-corrected chi connectivity index (χ0v) is 8.67. The molecule has 14 heavy (non-hydrogen) atoms. The van der Waals surface area contributed by atoms with E-state index in [1.165, 1.54) is 6.07 Å². The summed E-state index contributed by atoms with van der Waals surface area (Å²) in [7, 11) is -2.99. The number of carbonyl (C=O) groups is 1. The second-order valence-corrected chi connectivity index (χ2v) is 5.62. The van der Waals surface area contributed by atoms with E-state index in [-0.39, 0.29) is 13.6 Å². The van der Waals surface area contributed by atoms with Crippen LogP contribution in [-0.2, 0) is 10.0 Å². The van der Waals surface area contributed by atoms with Crippen molar-refractivity contribution in [1.82, 2.24) is 4.47 Å². The van der Waals surface area contributed by atoms with Crippen LogP contribution >= 0.6 is 11.3 Å². The Balaban J connectivity index is 3.16. The number of hydrogen-bond acceptors (Lipinski definition) is 5. The summed E-state index contributed by atoms with van der Waals surface area (Å²) in [5, 5.41) is 17.3. The second-order valence-electron chi connectivity index (χ2n) is 2.36. The number of carboxylic acids is 1. The van der Waals surface area contributed by atoms with E-state index in [2.05, 4.69) is 0 Å². The monoisotopic (exact) mass is 237 g/mol. The summed E-state index contributed by atoms with van der Waals surface area (Å²) in [4.78, 5) is 10.4. The zero-order chi connectivity index (χ0) is 10.9. The fourth-order valence-electron chi connectivity index (χ4n) is 0.704. The fraction of sp³-hybridized carbons (Fsp3) is 0.167. The highest BCUT2D eigenvalue weighted by molar-refractivity contribution is 7.91. The molecule has 1 aromatic rings. The average molecular weight is 237 g/mol. The molecule has 2 N–H and O–H groups in total. The number of carboxylic acid groups (broad SMARTS) is 1. The van der Waals surface area contributed by atoms with Crippen LogP contribution in [0, 0.1) is 0 Å². The van der Waals surface area contributed by atoms with Crippen molar-refractivity contribution in [1.29, 1.82) is 0 Å². The summed E-state index contributed by atoms with van der Waals surface area (Å²) < 4.78 is 22.4. The number of hydrogen-bond donors (Lipinski definition) is 2. The van der Waals surface area contributed by atoms with Gasteiger partial charge in [0.2, 0.25) is 0 Å². The molecule has 6 nitrogen and oxygen atoms in total. The summed E-state index contributed by atoms with van der Waals surface area (Å²) in [6, 6.07) is 2.31. The Labute approximate surface area is 84.0 Å². The summed E-state index contributed by atoms with van der Waals surface area (Å²) in [5.74, 6) is -1.20. The Morgan fingerprint density at radius 1 is 1.50 bits per heavy atom. The molecular formula is C6H7NO5S2. The lowest BCUT2D eigenvalue weighted by molar-refractivity contribution is 0.0312. The summed E-state index contributed by atoms with van der Waals surface area (Å²) >= 11 is 0.587. The first-order valence-corrected chi connectivity index (χ1v) is 5.62. The third kappa shape index (κ3) is 1.93. The number of hydroxylamine groups is 1. The third-order valence-electron chi connectivity index (χ3n) is 1.39. The van der Waals surface area contributed by atoms with Crippen LogP contribution in [0.4, 0.5) is 0 Å². The van der Waals surface area contributed by atoms with Crippen LogP contribution < -0.4 is 0 Å². The van der Waals surface area contributed by atoms with Gasteiger partial charge in [-0.05, 0) is 12.1 Å². The van der Waals surface area contributed by atoms with Crippen molar-refractivity contribution in [3.63, 3.8) is 0 Å². The van der Waals surface area contributed by atoms with E-state index in [1.54, 1.807) is 0 Å². The smallest absolute Gasteiger partial charge is 0.345 e. The van der Waals surface area contributed by atoms with E-state index in [0.29, 0.717) is 11.3 Å². The first-order valence-electron chi connectivity index (χ1n) is 3.36. The molecule has 0 bridgehead atoms. The minimum atomic E-state index is -3.95. The minimum absolute atomic E-state index is 0.0461. The SMILES string of the molecule is CN(O)S(=O)(=O)c1ccc(C(=O)O)s1. The molecule has 0 radical (unpaired) electrons. The maximum absolute atomic E-state index is 11.3. The first-order chi connectivity index (χ1) is 6.35. The molecule has 0 atom stereocenters. The molecule has 0 fully saturated rings. The molecule has 0 aliphatic rings. The van der Waals surface area contributed by atoms with E-state index in [0.717, 1.165) is 13.1 Å². The van der Waals surface area contributed by atoms with Crippen LogP contribution in [0.1, 0.15) is 9.67 Å². The summed E-state index contributed by atoms with van der Waals surface area (Å²) in [6.07, 6.45) is 0. The van der Waals surface area contributed by atoms with Gasteiger partial charge in [0.25, 0.3) is 10.0 Å². The Hall–Kier alpha value is -0.960. The van der Waals surface area contributed by atoms with Gasteiger partial charge in [0, 0.05) is 7.05 Å². The third-order valence-corrected chi connectivity index (χ3v) is 4.48. The predicted octanol–water partition coefficient (Wildman–Crippen LogP) is 0.456. The van der Waals surface area contributed by atoms with Crippen LogP contribution in [0.15, 0.2) is 16.3 Å². The van der Waals surface area contributed by atoms with Crippen molar-refractivity contribution >= 4 is 27.3 Å². The molecular weight excluding hydrogens is 230 g/mol. The van der Waals surface area contributed by atoms with E-state index in [1.807, 2.05) is 0 Å². The lowest BCUT2D eigenvalue weighted by Gasteiger charge is -2.05. The predicted molar refractivity (Wildman–Crippen MR) is 48.0 cm³/mol. The van der Waals surface area contributed by atoms with Crippen LogP contribution in [0.25, 0.3) is 0 Å². The average Bonchev–Trinajstić information content (AvgIpc) is 2.51. The van der Waals surface area contributed by atoms with Gasteiger partial charge in [-0.2, -0.15) is 0 Å². The molecule has 0 unspecified atom stereocenters. The standard InChI is InChI=1S/C6H7NO5S2/c1-7(10)14(11,12)5-3-2-4(13-5)6(8)9/h2-3,10H,1H3,(H,8,9). The molecule has 1 aromatic heterocycles. The molecule has 1 heterocycles. The largest absolute Gasteiger partial charge is 0.477 e. The van der Waals surface area contributed by atoms with Crippen LogP contribution in [0.2, 0.25) is 0 Å². The van der Waals surface area contributed by atoms with E-state index in [9.17, 15) is 13.2 Å². The molecule has 78 valence electrons. The molecule has 0 aliphatic carbocycles. The van der Waals surface area contributed by atoms with Gasteiger partial charge in [-0.1, -0.05) is 4.47 Å². The maximum atomic E-state index is 11.3. The maximum Gasteiger partial charge on any atom is 0.345 e. The number of sulfonamides is 1. The number of aromatic carboxylic acids is 1. The fourth-order valence-corrected chi connectivity index (χ4v) is 2.79. The summed E-state index contributed by atoms with van der Waals surface area (Å²) in [6.45, 7) is 0. The van der Waals surface area contributed by atoms with Crippen molar-refractivity contribution in [3.8, 4) is 0 Å². The molecule has 0 spiro atoms. The Morgan fingerprint density at radius 2 is 2.07 bits per heavy atom. The van der Waals surface area contributed by atoms with Gasteiger partial charge >= 0.3 is 5.97 Å². The summed E-state index contributed by atoms with van der Waals surface area (Å²) in [5.41, 5.74) is 0. The Morgan fingerprint density at radius 3 is 2.43 bits per heavy atom. The molecule has 8 heteroatoms. The minimum Gasteiger partial charge on any atom is -0.477 e. The highest BCUT2D eigenvalue weighted by Gasteiger charge is 2.22. The molecule has 0 amide bonds. The molecule has 0 aliphatic heterocycles. The van der Waals surface area contributed by atoms with Gasteiger partial charge < -0.3 is 5.11 Å². The molecule has 1 rings (SSSR count). The zero-order valence-electron chi connectivity index (χ0n) is 7.04. The number of nitrogens with zero attached hydrogens (tertiary/aromatic N) is 1. The van der Waals surface area contributed by atoms with Crippen molar-refractivity contribution in [2.45, 2.75) is 4.21 Å². The van der Waals surface area contributed by atoms with E-state index < -0.39 is 16.0 Å². The van der Waals surface area contributed by atoms with Crippen LogP contribution in [0.3, 0.4) is 0 Å². The van der Waals surface area contributed by atoms with Crippen molar-refractivity contribution in [3.05, 3.63) is 17.0 Å². The highest BCUT2D eigenvalue weighted by Crippen LogP contribution is 2.23. The quantitative estimate of drug-likeness (QED) is 0.744. The number of thiophene rings is 1. The van der Waals surface area contributed by atoms with Crippen LogP contribution in [0.5, 0.6) is 0 Å². The molecule has 0 saturated carbocycles. The first kappa shape index (κ1) is 11.1. The van der Waals surface area contributed by atoms with E-state index >= 15 is 0 Å². The van der Waals surface area contributed by atoms with E-state index in [4.69, 9.17) is 10.3 Å². The molecule has 0 aromatic carbocycles. The van der Waals surface area contributed by atoms with Crippen molar-refractivity contribution < 1.29 is 23.5 Å². The normalized spacial score (nSPS) is 11.9. The van der Waals surface area contributed by atoms with Gasteiger partial charge in [-0.3, -0.25) is 5.21 Å². The second kappa shape index (κ2) is 3.65. The Bertz CT molecular complexity index is 447. The van der Waals surface area contributed by atoms with Gasteiger partial charge in [-0.25, -0.2) is 13.2 Å². The van der Waals surface area contributed by atoms with Crippen molar-refractivity contribution in [2.24, 2.45) is 0 Å². The lowest BCUT2D eigenvalue weighted by atomic mass is 10.5. The van der Waals surface area contributed by atoms with Gasteiger partial charge in [-0.15, -0.1) is 11.3 Å². The van der Waals surface area contributed by atoms with Gasteiger partial charge in [0.05, 0.1) is 0 Å². The highest BCUT2D eigenvalue weighted by atomic mass is 32.2. The topological polar surface area (TPSA) is 94.9 Å². The van der Waals surface area contributed by atoms with Crippen molar-refractivity contribution in [2.75, 3.05) is 7.05 Å². The lowest BCUT2D eigenvalue weighted by Crippen LogP contribution is -2.21.